The number of nitrogens with one attached hydrogen (secondary N) is 1. The first kappa shape index (κ1) is 108. The summed E-state index contributed by atoms with van der Waals surface area (Å²) in [6, 6.07) is 58.7. The molecule has 16 rings (SSSR count). The summed E-state index contributed by atoms with van der Waals surface area (Å²) in [5, 5.41) is 7.15. The van der Waals surface area contributed by atoms with Crippen LogP contribution in [-0.2, 0) is 70.0 Å². The molecule has 0 aliphatic carbocycles. The average molecular weight is 2150 g/mol. The maximum atomic E-state index is 12.7. The second-order valence-electron chi connectivity index (χ2n) is 35.1. The number of sulfone groups is 1. The fourth-order valence-electron chi connectivity index (χ4n) is 17.4. The summed E-state index contributed by atoms with van der Waals surface area (Å²) >= 11 is 19.9. The minimum Gasteiger partial charge on any atom is -0.497 e. The molecule has 6 aromatic heterocycles. The highest BCUT2D eigenvalue weighted by atomic mass is 35.5. The molecule has 728 valence electrons. The summed E-state index contributed by atoms with van der Waals surface area (Å²) in [5.74, 6) is 12.5. The third-order valence-electron chi connectivity index (χ3n) is 25.2. The lowest BCUT2D eigenvalue weighted by Gasteiger charge is -2.15. The molecule has 0 atom stereocenters. The highest BCUT2D eigenvalue weighted by molar-refractivity contribution is 8.77. The van der Waals surface area contributed by atoms with Crippen LogP contribution in [0.4, 0.5) is 11.4 Å². The number of sulfonamides is 1. The van der Waals surface area contributed by atoms with Gasteiger partial charge in [-0.3, -0.25) is 0 Å². The van der Waals surface area contributed by atoms with E-state index in [-0.39, 0.29) is 28.1 Å². The Hall–Kier alpha value is -5.56. The van der Waals surface area contributed by atoms with Gasteiger partial charge in [0.25, 0.3) is 11.0 Å². The standard InChI is InChI=1S/C37H57N3O6S4.C24H28Cl2N2S4.C22H26N2O2S2.C20H22N2S4/c1-28-36(3,4)32-26-30(45-7)14-16-34(32)39(28)19-9-11-23-49(41,42)24-13-21-47-48-22-18-38-50(43,44)25-12-10-20-40-29(2)37(5,6)33-27-31(46-8)15-17-35(33)40;1-17-27(21-15-19(25)7-9-23(21)31-17)11-3-5-13-29-30-14-6-4-12-28-18(2)32-24-10-8-20(26)16-22(24)28;1-17-23(19-9-3-5-11-21(19)25-17)13-7-15-27-28-16-8-14-24-18(2)26-22-12-6-4-10-20(22)24;1-15-21(17-7-3-5-9-19(17)25-15)11-13-23-24-14-12-22-16(2)26-20-10-6-4-8-18(20)22/h14-17,26-27,38H,9-13,18-25H2,1-8H3;7-10,15-16H,3-6,11-14H2,1-2H3;3-6,9-12H,7-8,13-16H2,1-2H3;3-10H,11-14H2,1-2H3/q4*+2. The molecule has 17 nitrogen and oxygen atoms in total. The zero-order valence-electron chi connectivity index (χ0n) is 80.9. The van der Waals surface area contributed by atoms with Crippen LogP contribution < -0.4 is 41.6 Å². The van der Waals surface area contributed by atoms with E-state index < -0.39 is 19.9 Å². The summed E-state index contributed by atoms with van der Waals surface area (Å²) in [5.41, 5.74) is 16.8. The van der Waals surface area contributed by atoms with Crippen molar-refractivity contribution >= 4 is 261 Å². The third kappa shape index (κ3) is 28.9. The van der Waals surface area contributed by atoms with Crippen LogP contribution in [0.15, 0.2) is 179 Å². The molecule has 14 aromatic rings. The number of para-hydroxylation sites is 6. The van der Waals surface area contributed by atoms with Crippen molar-refractivity contribution in [3.63, 3.8) is 0 Å². The molecule has 0 saturated heterocycles. The van der Waals surface area contributed by atoms with Gasteiger partial charge in [-0.25, -0.2) is 21.6 Å². The summed E-state index contributed by atoms with van der Waals surface area (Å²) in [6.07, 6.45) is 10.6. The summed E-state index contributed by atoms with van der Waals surface area (Å²) in [6.45, 7) is 34.4. The highest BCUT2D eigenvalue weighted by Crippen LogP contribution is 2.44. The first-order chi connectivity index (χ1) is 65.5. The van der Waals surface area contributed by atoms with E-state index in [2.05, 4.69) is 232 Å². The number of benzene rings is 8. The molecule has 8 aromatic carbocycles. The van der Waals surface area contributed by atoms with Crippen LogP contribution in [-0.4, -0.2) is 135 Å². The van der Waals surface area contributed by atoms with Gasteiger partial charge in [-0.05, 0) is 133 Å². The second-order valence-corrected chi connectivity index (χ2v) is 55.9. The van der Waals surface area contributed by atoms with E-state index in [1.165, 1.54) is 143 Å². The van der Waals surface area contributed by atoms with Gasteiger partial charge in [0.1, 0.15) is 66.3 Å². The highest BCUT2D eigenvalue weighted by Gasteiger charge is 2.45. The molecule has 0 bridgehead atoms. The number of hydrogen-bond acceptors (Lipinski definition) is 20. The van der Waals surface area contributed by atoms with Crippen molar-refractivity contribution in [1.82, 2.24) is 4.72 Å². The van der Waals surface area contributed by atoms with Gasteiger partial charge in [0.05, 0.1) is 67.7 Å². The van der Waals surface area contributed by atoms with E-state index >= 15 is 0 Å². The molecule has 1 N–H and O–H groups in total. The lowest BCUT2D eigenvalue weighted by molar-refractivity contribution is -0.682. The number of nitrogens with zero attached hydrogens (tertiary/aromatic N) is 8. The summed E-state index contributed by atoms with van der Waals surface area (Å²) in [4.78, 5) is 0. The smallest absolute Gasteiger partial charge is 0.344 e. The van der Waals surface area contributed by atoms with Gasteiger partial charge < -0.3 is 18.3 Å². The first-order valence-electron chi connectivity index (χ1n) is 47.0. The van der Waals surface area contributed by atoms with Crippen molar-refractivity contribution < 1.29 is 71.7 Å². The van der Waals surface area contributed by atoms with Crippen LogP contribution in [0, 0.1) is 41.5 Å². The van der Waals surface area contributed by atoms with Gasteiger partial charge in [0.2, 0.25) is 74.7 Å². The Labute approximate surface area is 863 Å². The van der Waals surface area contributed by atoms with E-state index in [0.717, 1.165) is 146 Å². The van der Waals surface area contributed by atoms with Crippen molar-refractivity contribution in [3.05, 3.63) is 223 Å². The Morgan fingerprint density at radius 2 is 0.691 bits per heavy atom. The molecule has 8 heterocycles. The quantitative estimate of drug-likeness (QED) is 0.0218. The van der Waals surface area contributed by atoms with E-state index in [9.17, 15) is 16.8 Å². The van der Waals surface area contributed by atoms with Crippen LogP contribution >= 0.6 is 155 Å². The predicted molar refractivity (Wildman–Crippen MR) is 593 cm³/mol. The monoisotopic (exact) mass is 2140 g/mol. The molecule has 0 unspecified atom stereocenters. The molecule has 2 aliphatic rings. The topological polar surface area (TPSA) is 154 Å². The van der Waals surface area contributed by atoms with Gasteiger partial charge in [0, 0.05) is 191 Å². The molecule has 2 aliphatic heterocycles. The van der Waals surface area contributed by atoms with E-state index in [0.29, 0.717) is 37.3 Å². The van der Waals surface area contributed by atoms with Crippen molar-refractivity contribution in [1.29, 1.82) is 0 Å². The van der Waals surface area contributed by atoms with Crippen LogP contribution in [0.3, 0.4) is 0 Å². The first-order valence-corrected chi connectivity index (χ1v) is 64.4. The Morgan fingerprint density at radius 1 is 0.346 bits per heavy atom. The number of hydrogen-bond donors (Lipinski definition) is 1. The van der Waals surface area contributed by atoms with Crippen molar-refractivity contribution in [2.75, 3.05) is 97.1 Å². The minimum absolute atomic E-state index is 0.0932. The van der Waals surface area contributed by atoms with Crippen molar-refractivity contribution in [2.45, 2.75) is 204 Å². The number of aryl methyl sites for hydroxylation is 12. The number of ether oxygens (including phenoxy) is 2. The normalized spacial score (nSPS) is 13.5. The van der Waals surface area contributed by atoms with Crippen LogP contribution in [0.5, 0.6) is 11.5 Å². The molecule has 0 spiro atoms. The maximum Gasteiger partial charge on any atom is 0.344 e. The van der Waals surface area contributed by atoms with Gasteiger partial charge in [0.15, 0.2) is 37.6 Å². The fourth-order valence-corrected chi connectivity index (χ4v) is 33.1. The van der Waals surface area contributed by atoms with Crippen LogP contribution in [0.1, 0.15) is 155 Å². The number of rotatable bonds is 48. The van der Waals surface area contributed by atoms with E-state index in [1.807, 2.05) is 172 Å². The average Bonchev–Trinajstić information content (AvgIpc) is 1.60. The lowest BCUT2D eigenvalue weighted by Crippen LogP contribution is -2.36. The number of halogens is 2. The Bertz CT molecular complexity index is 6290. The zero-order chi connectivity index (χ0) is 96.5. The van der Waals surface area contributed by atoms with Gasteiger partial charge >= 0.3 is 11.8 Å². The van der Waals surface area contributed by atoms with Gasteiger partial charge in [-0.2, -0.15) is 36.6 Å². The number of methoxy groups -OCH3 is 2. The molecule has 136 heavy (non-hydrogen) atoms. The Kier molecular flexibility index (Phi) is 41.3. The fraction of sp³-hybridized carbons (Fsp3) is 0.456. The largest absolute Gasteiger partial charge is 0.497 e. The predicted octanol–water partition coefficient (Wildman–Crippen LogP) is 25.7. The van der Waals surface area contributed by atoms with Crippen molar-refractivity contribution in [3.8, 4) is 11.5 Å². The van der Waals surface area contributed by atoms with Gasteiger partial charge in [-0.1, -0.05) is 203 Å². The van der Waals surface area contributed by atoms with E-state index in [4.69, 9.17) is 41.5 Å². The van der Waals surface area contributed by atoms with Crippen LogP contribution in [0.2, 0.25) is 10.0 Å². The molecule has 0 saturated carbocycles. The third-order valence-corrected chi connectivity index (χ3v) is 43.3. The molecular weight excluding hydrogens is 2010 g/mol. The van der Waals surface area contributed by atoms with Gasteiger partial charge in [-0.15, -0.1) is 0 Å². The van der Waals surface area contributed by atoms with Crippen LogP contribution in [0.25, 0.3) is 63.1 Å². The van der Waals surface area contributed by atoms with E-state index in [1.54, 1.807) is 35.8 Å². The summed E-state index contributed by atoms with van der Waals surface area (Å²) in [7, 11) is 12.1. The number of fused-ring (bicyclic) bond motifs is 8. The van der Waals surface area contributed by atoms with Crippen molar-refractivity contribution in [2.24, 2.45) is 0 Å². The SMILES string of the molecule is COc1ccc2c(c1)C(C)(C)C(C)=[N+]2CCCCS(=O)(=O)CCCSSCCNS(=O)(=O)CCCC[N+]1=C(C)C(C)(C)c2cc(OC)ccc21.Cc1oc2ccccc2[n+]1CCCSSCCC[n+]1c(C)oc2ccccc21.Cc1sc2ccc(Cl)cc2[n+]1CCCCSSCCCC[n+]1c(C)sc2ccc(Cl)cc21.Cc1sc2ccccc2[n+]1CCSSCC[n+]1c(C)sc2ccccc21. The number of unbranched alkanes of at least 4 members (excludes halogenated alkanes) is 4. The molecule has 33 heteroatoms. The number of oxazole rings is 2. The maximum absolute atomic E-state index is 12.7. The number of thiazole rings is 4. The second kappa shape index (κ2) is 52.1. The molecule has 0 radical (unpaired) electrons. The Morgan fingerprint density at radius 3 is 1.12 bits per heavy atom. The molecular formula is C103H133Cl2N9O8S14+8. The molecule has 0 fully saturated rings. The summed E-state index contributed by atoms with van der Waals surface area (Å²) < 4.78 is 100. The Balaban J connectivity index is 0.000000159. The minimum atomic E-state index is -3.35. The lowest BCUT2D eigenvalue weighted by atomic mass is 9.82. The number of aromatic nitrogens is 6. The zero-order valence-corrected chi connectivity index (χ0v) is 93.8. The molecule has 0 amide bonds.